The van der Waals surface area contributed by atoms with Gasteiger partial charge in [-0.05, 0) is 49.2 Å². The maximum Gasteiger partial charge on any atom is 0.338 e. The van der Waals surface area contributed by atoms with Gasteiger partial charge in [-0.15, -0.1) is 0 Å². The molecule has 0 radical (unpaired) electrons. The first-order chi connectivity index (χ1) is 10.4. The van der Waals surface area contributed by atoms with Crippen LogP contribution in [0.2, 0.25) is 5.15 Å². The summed E-state index contributed by atoms with van der Waals surface area (Å²) in [5.41, 5.74) is 3.00. The van der Waals surface area contributed by atoms with Crippen LogP contribution in [0.4, 0.5) is 5.69 Å². The Labute approximate surface area is 133 Å². The lowest BCUT2D eigenvalue weighted by Gasteiger charge is -2.08. The molecule has 22 heavy (non-hydrogen) atoms. The van der Waals surface area contributed by atoms with Gasteiger partial charge in [0.25, 0.3) is 5.91 Å². The Hall–Kier alpha value is -2.40. The molecule has 1 aromatic carbocycles. The minimum absolute atomic E-state index is 0.189. The Bertz CT molecular complexity index is 696. The van der Waals surface area contributed by atoms with E-state index in [0.717, 1.165) is 11.1 Å². The minimum atomic E-state index is -0.625. The van der Waals surface area contributed by atoms with Crippen LogP contribution in [0, 0.1) is 13.8 Å². The lowest BCUT2D eigenvalue weighted by Crippen LogP contribution is -2.21. The largest absolute Gasteiger partial charge is 0.452 e. The SMILES string of the molecule is Cc1cc(C)cc(NC(=O)COC(=O)c2ccnc(Cl)c2)c1. The van der Waals surface area contributed by atoms with Crippen molar-refractivity contribution in [3.63, 3.8) is 0 Å². The highest BCUT2D eigenvalue weighted by Crippen LogP contribution is 2.13. The zero-order valence-electron chi connectivity index (χ0n) is 12.2. The van der Waals surface area contributed by atoms with E-state index in [1.807, 2.05) is 32.0 Å². The van der Waals surface area contributed by atoms with E-state index in [1.165, 1.54) is 18.3 Å². The van der Waals surface area contributed by atoms with Gasteiger partial charge >= 0.3 is 5.97 Å². The molecule has 1 aromatic heterocycles. The molecule has 0 aliphatic heterocycles. The maximum atomic E-state index is 11.8. The van der Waals surface area contributed by atoms with Gasteiger partial charge < -0.3 is 10.1 Å². The highest BCUT2D eigenvalue weighted by atomic mass is 35.5. The molecule has 1 heterocycles. The van der Waals surface area contributed by atoms with Crippen molar-refractivity contribution in [3.05, 3.63) is 58.4 Å². The molecule has 0 bridgehead atoms. The predicted octanol–water partition coefficient (Wildman–Crippen LogP) is 3.15. The van der Waals surface area contributed by atoms with Crippen LogP contribution in [-0.4, -0.2) is 23.5 Å². The molecular formula is C16H15ClN2O3. The lowest BCUT2D eigenvalue weighted by molar-refractivity contribution is -0.119. The van der Waals surface area contributed by atoms with E-state index in [4.69, 9.17) is 16.3 Å². The molecule has 2 rings (SSSR count). The number of nitrogens with zero attached hydrogens (tertiary/aromatic N) is 1. The van der Waals surface area contributed by atoms with Crippen molar-refractivity contribution in [1.29, 1.82) is 0 Å². The van der Waals surface area contributed by atoms with Crippen LogP contribution in [0.1, 0.15) is 21.5 Å². The number of esters is 1. The Morgan fingerprint density at radius 1 is 1.18 bits per heavy atom. The quantitative estimate of drug-likeness (QED) is 0.694. The summed E-state index contributed by atoms with van der Waals surface area (Å²) in [5, 5.41) is 2.88. The zero-order chi connectivity index (χ0) is 16.1. The van der Waals surface area contributed by atoms with Crippen LogP contribution in [0.25, 0.3) is 0 Å². The second-order valence-corrected chi connectivity index (χ2v) is 5.26. The number of benzene rings is 1. The number of pyridine rings is 1. The molecule has 114 valence electrons. The number of aryl methyl sites for hydroxylation is 2. The monoisotopic (exact) mass is 318 g/mol. The summed E-state index contributed by atoms with van der Waals surface area (Å²) in [6.45, 7) is 3.51. The first-order valence-corrected chi connectivity index (χ1v) is 6.98. The van der Waals surface area contributed by atoms with Crippen molar-refractivity contribution in [2.75, 3.05) is 11.9 Å². The highest BCUT2D eigenvalue weighted by Gasteiger charge is 2.11. The molecule has 0 atom stereocenters. The molecule has 1 N–H and O–H groups in total. The van der Waals surface area contributed by atoms with Gasteiger partial charge in [0.15, 0.2) is 6.61 Å². The van der Waals surface area contributed by atoms with Crippen molar-refractivity contribution in [1.82, 2.24) is 4.98 Å². The fourth-order valence-corrected chi connectivity index (χ4v) is 2.16. The standard InChI is InChI=1S/C16H15ClN2O3/c1-10-5-11(2)7-13(6-10)19-15(20)9-22-16(21)12-3-4-18-14(17)8-12/h3-8H,9H2,1-2H3,(H,19,20). The molecule has 0 aliphatic carbocycles. The number of hydrogen-bond donors (Lipinski definition) is 1. The molecule has 2 aromatic rings. The minimum Gasteiger partial charge on any atom is -0.452 e. The van der Waals surface area contributed by atoms with Crippen molar-refractivity contribution in [2.45, 2.75) is 13.8 Å². The summed E-state index contributed by atoms with van der Waals surface area (Å²) in [7, 11) is 0. The normalized spacial score (nSPS) is 10.1. The highest BCUT2D eigenvalue weighted by molar-refractivity contribution is 6.29. The van der Waals surface area contributed by atoms with Crippen LogP contribution in [0.15, 0.2) is 36.5 Å². The first kappa shape index (κ1) is 16.0. The Morgan fingerprint density at radius 3 is 2.50 bits per heavy atom. The maximum absolute atomic E-state index is 11.8. The number of carbonyl (C=O) groups excluding carboxylic acids is 2. The van der Waals surface area contributed by atoms with Crippen LogP contribution >= 0.6 is 11.6 Å². The number of carbonyl (C=O) groups is 2. The molecule has 1 amide bonds. The second-order valence-electron chi connectivity index (χ2n) is 4.87. The molecule has 0 saturated carbocycles. The summed E-state index contributed by atoms with van der Waals surface area (Å²) in [6.07, 6.45) is 1.40. The van der Waals surface area contributed by atoms with E-state index in [0.29, 0.717) is 5.69 Å². The number of ether oxygens (including phenoxy) is 1. The fourth-order valence-electron chi connectivity index (χ4n) is 1.99. The lowest BCUT2D eigenvalue weighted by atomic mass is 10.1. The van der Waals surface area contributed by atoms with E-state index in [2.05, 4.69) is 10.3 Å². The predicted molar refractivity (Wildman–Crippen MR) is 84.1 cm³/mol. The number of rotatable bonds is 4. The zero-order valence-corrected chi connectivity index (χ0v) is 13.0. The molecule has 0 unspecified atom stereocenters. The molecule has 0 fully saturated rings. The van der Waals surface area contributed by atoms with Gasteiger partial charge in [0, 0.05) is 11.9 Å². The molecular weight excluding hydrogens is 304 g/mol. The van der Waals surface area contributed by atoms with Gasteiger partial charge in [-0.1, -0.05) is 17.7 Å². The first-order valence-electron chi connectivity index (χ1n) is 6.61. The van der Waals surface area contributed by atoms with Gasteiger partial charge in [-0.2, -0.15) is 0 Å². The van der Waals surface area contributed by atoms with Gasteiger partial charge in [-0.3, -0.25) is 4.79 Å². The molecule has 0 spiro atoms. The number of nitrogens with one attached hydrogen (secondary N) is 1. The third kappa shape index (κ3) is 4.56. The summed E-state index contributed by atoms with van der Waals surface area (Å²) in [6, 6.07) is 8.54. The number of aromatic nitrogens is 1. The Morgan fingerprint density at radius 2 is 1.86 bits per heavy atom. The van der Waals surface area contributed by atoms with Crippen LogP contribution in [-0.2, 0) is 9.53 Å². The van der Waals surface area contributed by atoms with Crippen molar-refractivity contribution in [2.24, 2.45) is 0 Å². The molecule has 5 nitrogen and oxygen atoms in total. The Kier molecular flexibility index (Phi) is 5.12. The summed E-state index contributed by atoms with van der Waals surface area (Å²) >= 11 is 5.69. The van der Waals surface area contributed by atoms with E-state index in [9.17, 15) is 9.59 Å². The van der Waals surface area contributed by atoms with Gasteiger partial charge in [0.05, 0.1) is 5.56 Å². The van der Waals surface area contributed by atoms with Crippen LogP contribution in [0.3, 0.4) is 0 Å². The van der Waals surface area contributed by atoms with Gasteiger partial charge in [0.2, 0.25) is 0 Å². The molecule has 0 aliphatic rings. The summed E-state index contributed by atoms with van der Waals surface area (Å²) in [4.78, 5) is 27.4. The van der Waals surface area contributed by atoms with E-state index in [-0.39, 0.29) is 17.3 Å². The third-order valence-corrected chi connectivity index (χ3v) is 3.01. The number of hydrogen-bond acceptors (Lipinski definition) is 4. The summed E-state index contributed by atoms with van der Waals surface area (Å²) < 4.78 is 4.94. The van der Waals surface area contributed by atoms with Crippen LogP contribution < -0.4 is 5.32 Å². The second kappa shape index (κ2) is 7.04. The average molecular weight is 319 g/mol. The smallest absolute Gasteiger partial charge is 0.338 e. The summed E-state index contributed by atoms with van der Waals surface area (Å²) in [5.74, 6) is -1.03. The van der Waals surface area contributed by atoms with Gasteiger partial charge in [0.1, 0.15) is 5.15 Å². The Balaban J connectivity index is 1.91. The number of anilines is 1. The topological polar surface area (TPSA) is 68.3 Å². The van der Waals surface area contributed by atoms with Gasteiger partial charge in [-0.25, -0.2) is 9.78 Å². The van der Waals surface area contributed by atoms with Crippen molar-refractivity contribution in [3.8, 4) is 0 Å². The number of amides is 1. The molecule has 6 heteroatoms. The van der Waals surface area contributed by atoms with E-state index >= 15 is 0 Å². The van der Waals surface area contributed by atoms with Crippen molar-refractivity contribution < 1.29 is 14.3 Å². The van der Waals surface area contributed by atoms with Crippen molar-refractivity contribution >= 4 is 29.2 Å². The van der Waals surface area contributed by atoms with Crippen LogP contribution in [0.5, 0.6) is 0 Å². The van der Waals surface area contributed by atoms with E-state index < -0.39 is 11.9 Å². The molecule has 0 saturated heterocycles. The average Bonchev–Trinajstić information content (AvgIpc) is 2.43. The number of halogens is 1. The third-order valence-electron chi connectivity index (χ3n) is 2.80. The van der Waals surface area contributed by atoms with E-state index in [1.54, 1.807) is 0 Å². The fraction of sp³-hybridized carbons (Fsp3) is 0.188.